The summed E-state index contributed by atoms with van der Waals surface area (Å²) in [5.74, 6) is -1.31. The second kappa shape index (κ2) is 8.99. The van der Waals surface area contributed by atoms with Crippen LogP contribution in [0.15, 0.2) is 66.7 Å². The maximum absolute atomic E-state index is 11.5. The van der Waals surface area contributed by atoms with E-state index in [-0.39, 0.29) is 13.0 Å². The summed E-state index contributed by atoms with van der Waals surface area (Å²) >= 11 is 0. The Hall–Kier alpha value is -3.14. The summed E-state index contributed by atoms with van der Waals surface area (Å²) in [6.45, 7) is 0.133. The van der Waals surface area contributed by atoms with E-state index >= 15 is 0 Å². The van der Waals surface area contributed by atoms with Crippen LogP contribution in [0.25, 0.3) is 21.5 Å². The van der Waals surface area contributed by atoms with Gasteiger partial charge in [-0.2, -0.15) is 0 Å². The fraction of sp³-hybridized carbons (Fsp3) is 0.217. The molecule has 3 aromatic rings. The fourth-order valence-corrected chi connectivity index (χ4v) is 3.02. The molecule has 3 aromatic carbocycles. The van der Waals surface area contributed by atoms with E-state index in [9.17, 15) is 9.59 Å². The highest BCUT2D eigenvalue weighted by molar-refractivity contribution is 5.98. The number of rotatable bonds is 8. The van der Waals surface area contributed by atoms with E-state index in [4.69, 9.17) is 9.84 Å². The molecule has 138 valence electrons. The molecule has 0 spiro atoms. The summed E-state index contributed by atoms with van der Waals surface area (Å²) in [6, 6.07) is 19.2. The van der Waals surface area contributed by atoms with Crippen molar-refractivity contribution in [1.29, 1.82) is 0 Å². The third-order valence-electron chi connectivity index (χ3n) is 4.40. The molecule has 0 fully saturated rings. The molecule has 0 saturated carbocycles. The number of ether oxygens (including phenoxy) is 1. The summed E-state index contributed by atoms with van der Waals surface area (Å²) in [7, 11) is 0. The highest BCUT2D eigenvalue weighted by Crippen LogP contribution is 2.24. The lowest BCUT2D eigenvalue weighted by Crippen LogP contribution is -2.04. The first-order chi connectivity index (χ1) is 13.1. The Morgan fingerprint density at radius 1 is 0.926 bits per heavy atom. The lowest BCUT2D eigenvalue weighted by Gasteiger charge is -2.05. The van der Waals surface area contributed by atoms with Crippen LogP contribution < -0.4 is 0 Å². The van der Waals surface area contributed by atoms with Crippen molar-refractivity contribution in [2.75, 3.05) is 6.61 Å². The highest BCUT2D eigenvalue weighted by atomic mass is 16.5. The molecule has 4 heteroatoms. The van der Waals surface area contributed by atoms with E-state index in [1.165, 1.54) is 33.2 Å². The Labute approximate surface area is 158 Å². The molecule has 4 nitrogen and oxygen atoms in total. The van der Waals surface area contributed by atoms with Crippen LogP contribution in [0, 0.1) is 0 Å². The lowest BCUT2D eigenvalue weighted by molar-refractivity contribution is -0.141. The predicted molar refractivity (Wildman–Crippen MR) is 107 cm³/mol. The maximum atomic E-state index is 11.5. The van der Waals surface area contributed by atoms with E-state index in [1.807, 2.05) is 12.1 Å². The molecule has 0 unspecified atom stereocenters. The average Bonchev–Trinajstić information content (AvgIpc) is 2.66. The van der Waals surface area contributed by atoms with Gasteiger partial charge in [0.05, 0.1) is 6.61 Å². The summed E-state index contributed by atoms with van der Waals surface area (Å²) < 4.78 is 4.95. The average molecular weight is 362 g/mol. The van der Waals surface area contributed by atoms with Crippen LogP contribution in [0.3, 0.4) is 0 Å². The van der Waals surface area contributed by atoms with Crippen LogP contribution >= 0.6 is 0 Å². The molecular formula is C23H22O4. The third-order valence-corrected chi connectivity index (χ3v) is 4.40. The van der Waals surface area contributed by atoms with Crippen molar-refractivity contribution in [2.45, 2.75) is 25.7 Å². The van der Waals surface area contributed by atoms with Gasteiger partial charge in [-0.05, 0) is 58.5 Å². The van der Waals surface area contributed by atoms with Crippen molar-refractivity contribution in [3.63, 3.8) is 0 Å². The van der Waals surface area contributed by atoms with Gasteiger partial charge in [0, 0.05) is 12.5 Å². The SMILES string of the molecule is O=C(O)CCCOC(=O)/C=C/CCc1ccc2cc3ccccc3cc2c1. The van der Waals surface area contributed by atoms with Crippen LogP contribution in [0.5, 0.6) is 0 Å². The normalized spacial score (nSPS) is 11.3. The van der Waals surface area contributed by atoms with Crippen LogP contribution in [0.4, 0.5) is 0 Å². The quantitative estimate of drug-likeness (QED) is 0.268. The molecule has 0 aliphatic heterocycles. The van der Waals surface area contributed by atoms with E-state index in [0.29, 0.717) is 6.42 Å². The molecule has 0 bridgehead atoms. The topological polar surface area (TPSA) is 63.6 Å². The Morgan fingerprint density at radius 3 is 2.37 bits per heavy atom. The van der Waals surface area contributed by atoms with Gasteiger partial charge < -0.3 is 9.84 Å². The van der Waals surface area contributed by atoms with Crippen molar-refractivity contribution in [1.82, 2.24) is 0 Å². The molecule has 1 N–H and O–H groups in total. The molecule has 0 atom stereocenters. The van der Waals surface area contributed by atoms with Gasteiger partial charge in [0.2, 0.25) is 0 Å². The van der Waals surface area contributed by atoms with Crippen LogP contribution in [-0.4, -0.2) is 23.7 Å². The standard InChI is InChI=1S/C23H22O4/c24-22(25)9-5-13-27-23(26)10-4-1-6-17-11-12-20-15-18-7-2-3-8-19(18)16-21(20)14-17/h2-4,7-8,10-12,14-16H,1,5-6,9,13H2,(H,24,25)/b10-4+. The Kier molecular flexibility index (Phi) is 6.21. The third kappa shape index (κ3) is 5.42. The zero-order chi connectivity index (χ0) is 19.1. The summed E-state index contributed by atoms with van der Waals surface area (Å²) in [6.07, 6.45) is 5.13. The van der Waals surface area contributed by atoms with E-state index < -0.39 is 11.9 Å². The number of carbonyl (C=O) groups excluding carboxylic acids is 1. The summed E-state index contributed by atoms with van der Waals surface area (Å²) in [5.41, 5.74) is 1.22. The molecule has 3 rings (SSSR count). The number of hydrogen-bond donors (Lipinski definition) is 1. The number of allylic oxidation sites excluding steroid dienone is 1. The first-order valence-corrected chi connectivity index (χ1v) is 9.08. The minimum atomic E-state index is -0.884. The molecule has 0 aliphatic carbocycles. The number of carbonyl (C=O) groups is 2. The van der Waals surface area contributed by atoms with Crippen molar-refractivity contribution < 1.29 is 19.4 Å². The second-order valence-corrected chi connectivity index (χ2v) is 6.49. The second-order valence-electron chi connectivity index (χ2n) is 6.49. The number of aliphatic carboxylic acids is 1. The van der Waals surface area contributed by atoms with E-state index in [2.05, 4.69) is 42.5 Å². The lowest BCUT2D eigenvalue weighted by atomic mass is 10.00. The van der Waals surface area contributed by atoms with Crippen LogP contribution in [0.2, 0.25) is 0 Å². The number of esters is 1. The van der Waals surface area contributed by atoms with E-state index in [0.717, 1.165) is 12.8 Å². The first kappa shape index (κ1) is 18.6. The van der Waals surface area contributed by atoms with Gasteiger partial charge in [-0.15, -0.1) is 0 Å². The fourth-order valence-electron chi connectivity index (χ4n) is 3.02. The number of aryl methyl sites for hydroxylation is 1. The minimum Gasteiger partial charge on any atom is -0.481 e. The van der Waals surface area contributed by atoms with Gasteiger partial charge >= 0.3 is 11.9 Å². The number of carboxylic acid groups (broad SMARTS) is 1. The first-order valence-electron chi connectivity index (χ1n) is 9.08. The number of carboxylic acids is 1. The molecular weight excluding hydrogens is 340 g/mol. The largest absolute Gasteiger partial charge is 0.481 e. The van der Waals surface area contributed by atoms with Gasteiger partial charge in [-0.1, -0.05) is 48.5 Å². The Bertz CT molecular complexity index is 988. The molecule has 27 heavy (non-hydrogen) atoms. The van der Waals surface area contributed by atoms with Gasteiger partial charge in [-0.25, -0.2) is 4.79 Å². The van der Waals surface area contributed by atoms with Gasteiger partial charge in [0.15, 0.2) is 0 Å². The maximum Gasteiger partial charge on any atom is 0.330 e. The van der Waals surface area contributed by atoms with Crippen LogP contribution in [-0.2, 0) is 20.7 Å². The summed E-state index contributed by atoms with van der Waals surface area (Å²) in [4.78, 5) is 21.9. The Morgan fingerprint density at radius 2 is 1.63 bits per heavy atom. The number of fused-ring (bicyclic) bond motifs is 2. The van der Waals surface area contributed by atoms with Crippen LogP contribution in [0.1, 0.15) is 24.8 Å². The zero-order valence-electron chi connectivity index (χ0n) is 15.1. The van der Waals surface area contributed by atoms with Crippen molar-refractivity contribution in [3.8, 4) is 0 Å². The molecule has 0 amide bonds. The van der Waals surface area contributed by atoms with Gasteiger partial charge in [0.25, 0.3) is 0 Å². The molecule has 0 aromatic heterocycles. The monoisotopic (exact) mass is 362 g/mol. The van der Waals surface area contributed by atoms with Crippen molar-refractivity contribution in [2.24, 2.45) is 0 Å². The molecule has 0 radical (unpaired) electrons. The summed E-state index contributed by atoms with van der Waals surface area (Å²) in [5, 5.41) is 13.4. The molecule has 0 saturated heterocycles. The predicted octanol–water partition coefficient (Wildman–Crippen LogP) is 4.89. The zero-order valence-corrected chi connectivity index (χ0v) is 15.1. The Balaban J connectivity index is 1.53. The van der Waals surface area contributed by atoms with Gasteiger partial charge in [0.1, 0.15) is 0 Å². The highest BCUT2D eigenvalue weighted by Gasteiger charge is 2.01. The van der Waals surface area contributed by atoms with Crippen molar-refractivity contribution >= 4 is 33.5 Å². The number of hydrogen-bond acceptors (Lipinski definition) is 3. The number of benzene rings is 3. The smallest absolute Gasteiger partial charge is 0.330 e. The molecule has 0 heterocycles. The van der Waals surface area contributed by atoms with E-state index in [1.54, 1.807) is 6.08 Å². The molecule has 0 aliphatic rings. The van der Waals surface area contributed by atoms with Gasteiger partial charge in [-0.3, -0.25) is 4.79 Å². The minimum absolute atomic E-state index is 0.00818. The van der Waals surface area contributed by atoms with Crippen molar-refractivity contribution in [3.05, 3.63) is 72.3 Å².